The number of rotatable bonds is 5. The van der Waals surface area contributed by atoms with Crippen LogP contribution < -0.4 is 5.32 Å². The SMILES string of the molecule is Cc1cc2ncc(CNCCN3CCC(C)CC3)cn2n1. The van der Waals surface area contributed by atoms with E-state index in [1.165, 1.54) is 31.5 Å². The number of nitrogens with zero attached hydrogens (tertiary/aromatic N) is 4. The molecule has 114 valence electrons. The number of aromatic nitrogens is 3. The molecule has 1 aliphatic rings. The van der Waals surface area contributed by atoms with Gasteiger partial charge in [-0.3, -0.25) is 0 Å². The molecular weight excluding hydrogens is 262 g/mol. The second-order valence-electron chi connectivity index (χ2n) is 6.25. The molecule has 2 aromatic heterocycles. The lowest BCUT2D eigenvalue weighted by atomic mass is 9.99. The Morgan fingerprint density at radius 1 is 1.33 bits per heavy atom. The Kier molecular flexibility index (Phi) is 4.51. The molecule has 3 rings (SSSR count). The van der Waals surface area contributed by atoms with E-state index < -0.39 is 0 Å². The first-order valence-electron chi connectivity index (χ1n) is 7.95. The zero-order valence-corrected chi connectivity index (χ0v) is 13.0. The van der Waals surface area contributed by atoms with E-state index in [4.69, 9.17) is 0 Å². The minimum Gasteiger partial charge on any atom is -0.311 e. The van der Waals surface area contributed by atoms with Gasteiger partial charge in [0.15, 0.2) is 5.65 Å². The Hall–Kier alpha value is -1.46. The Bertz CT molecular complexity index is 583. The fourth-order valence-electron chi connectivity index (χ4n) is 2.88. The first kappa shape index (κ1) is 14.5. The Balaban J connectivity index is 1.44. The van der Waals surface area contributed by atoms with Gasteiger partial charge in [-0.2, -0.15) is 5.10 Å². The van der Waals surface area contributed by atoms with E-state index >= 15 is 0 Å². The lowest BCUT2D eigenvalue weighted by molar-refractivity contribution is 0.193. The maximum Gasteiger partial charge on any atom is 0.155 e. The predicted molar refractivity (Wildman–Crippen MR) is 84.3 cm³/mol. The molecule has 5 nitrogen and oxygen atoms in total. The van der Waals surface area contributed by atoms with Crippen LogP contribution in [0.4, 0.5) is 0 Å². The van der Waals surface area contributed by atoms with Gasteiger partial charge < -0.3 is 10.2 Å². The lowest BCUT2D eigenvalue weighted by Crippen LogP contribution is -2.37. The molecule has 1 N–H and O–H groups in total. The third-order valence-corrected chi connectivity index (χ3v) is 4.30. The van der Waals surface area contributed by atoms with Crippen LogP contribution in [0, 0.1) is 12.8 Å². The second-order valence-corrected chi connectivity index (χ2v) is 6.25. The fourth-order valence-corrected chi connectivity index (χ4v) is 2.88. The van der Waals surface area contributed by atoms with Gasteiger partial charge in [-0.25, -0.2) is 9.50 Å². The summed E-state index contributed by atoms with van der Waals surface area (Å²) < 4.78 is 1.86. The zero-order valence-electron chi connectivity index (χ0n) is 13.0. The van der Waals surface area contributed by atoms with Crippen LogP contribution >= 0.6 is 0 Å². The highest BCUT2D eigenvalue weighted by Gasteiger charge is 2.14. The summed E-state index contributed by atoms with van der Waals surface area (Å²) >= 11 is 0. The molecule has 5 heteroatoms. The number of piperidine rings is 1. The molecule has 0 aromatic carbocycles. The minimum absolute atomic E-state index is 0.853. The van der Waals surface area contributed by atoms with Crippen molar-refractivity contribution in [2.45, 2.75) is 33.2 Å². The first-order chi connectivity index (χ1) is 10.2. The summed E-state index contributed by atoms with van der Waals surface area (Å²) in [6.07, 6.45) is 6.69. The van der Waals surface area contributed by atoms with Crippen molar-refractivity contribution >= 4 is 5.65 Å². The highest BCUT2D eigenvalue weighted by atomic mass is 15.2. The Morgan fingerprint density at radius 3 is 2.95 bits per heavy atom. The van der Waals surface area contributed by atoms with Crippen LogP contribution in [-0.4, -0.2) is 45.7 Å². The third kappa shape index (κ3) is 3.80. The zero-order chi connectivity index (χ0) is 14.7. The van der Waals surface area contributed by atoms with Gasteiger partial charge in [-0.05, 0) is 38.8 Å². The van der Waals surface area contributed by atoms with Crippen LogP contribution in [-0.2, 0) is 6.54 Å². The van der Waals surface area contributed by atoms with E-state index in [-0.39, 0.29) is 0 Å². The Labute approximate surface area is 126 Å². The van der Waals surface area contributed by atoms with Gasteiger partial charge in [-0.15, -0.1) is 0 Å². The van der Waals surface area contributed by atoms with Crippen molar-refractivity contribution in [3.63, 3.8) is 0 Å². The van der Waals surface area contributed by atoms with Gasteiger partial charge in [0, 0.05) is 43.7 Å². The summed E-state index contributed by atoms with van der Waals surface area (Å²) in [5.41, 5.74) is 3.10. The molecule has 1 aliphatic heterocycles. The fraction of sp³-hybridized carbons (Fsp3) is 0.625. The minimum atomic E-state index is 0.853. The second kappa shape index (κ2) is 6.54. The third-order valence-electron chi connectivity index (χ3n) is 4.30. The van der Waals surface area contributed by atoms with Crippen LogP contribution in [0.15, 0.2) is 18.5 Å². The molecule has 0 saturated carbocycles. The largest absolute Gasteiger partial charge is 0.311 e. The maximum atomic E-state index is 4.43. The van der Waals surface area contributed by atoms with Crippen molar-refractivity contribution in [3.05, 3.63) is 29.7 Å². The first-order valence-corrected chi connectivity index (χ1v) is 7.95. The molecule has 0 radical (unpaired) electrons. The highest BCUT2D eigenvalue weighted by molar-refractivity contribution is 5.38. The molecule has 21 heavy (non-hydrogen) atoms. The average Bonchev–Trinajstić information content (AvgIpc) is 2.85. The van der Waals surface area contributed by atoms with E-state index in [1.807, 2.05) is 23.7 Å². The number of fused-ring (bicyclic) bond motifs is 1. The molecule has 1 saturated heterocycles. The van der Waals surface area contributed by atoms with Crippen molar-refractivity contribution in [1.82, 2.24) is 24.8 Å². The molecule has 2 aromatic rings. The summed E-state index contributed by atoms with van der Waals surface area (Å²) in [5.74, 6) is 0.907. The van der Waals surface area contributed by atoms with Crippen molar-refractivity contribution in [2.75, 3.05) is 26.2 Å². The van der Waals surface area contributed by atoms with Crippen LogP contribution in [0.2, 0.25) is 0 Å². The topological polar surface area (TPSA) is 45.5 Å². The number of hydrogen-bond donors (Lipinski definition) is 1. The molecule has 0 atom stereocenters. The van der Waals surface area contributed by atoms with E-state index in [2.05, 4.69) is 33.4 Å². The molecule has 0 spiro atoms. The van der Waals surface area contributed by atoms with Crippen molar-refractivity contribution in [3.8, 4) is 0 Å². The van der Waals surface area contributed by atoms with Crippen molar-refractivity contribution < 1.29 is 0 Å². The van der Waals surface area contributed by atoms with Crippen LogP contribution in [0.3, 0.4) is 0 Å². The molecular formula is C16H25N5. The van der Waals surface area contributed by atoms with E-state index in [0.717, 1.165) is 36.9 Å². The molecule has 1 fully saturated rings. The molecule has 0 unspecified atom stereocenters. The van der Waals surface area contributed by atoms with Crippen LogP contribution in [0.25, 0.3) is 5.65 Å². The van der Waals surface area contributed by atoms with Gasteiger partial charge >= 0.3 is 0 Å². The normalized spacial score (nSPS) is 17.6. The summed E-state index contributed by atoms with van der Waals surface area (Å²) in [4.78, 5) is 6.99. The molecule has 3 heterocycles. The van der Waals surface area contributed by atoms with Gasteiger partial charge in [0.05, 0.1) is 5.69 Å². The Morgan fingerprint density at radius 2 is 2.14 bits per heavy atom. The van der Waals surface area contributed by atoms with Crippen LogP contribution in [0.5, 0.6) is 0 Å². The lowest BCUT2D eigenvalue weighted by Gasteiger charge is -2.30. The average molecular weight is 287 g/mol. The quantitative estimate of drug-likeness (QED) is 0.853. The standard InChI is InChI=1S/C16H25N5/c1-13-3-6-20(7-4-13)8-5-17-10-15-11-18-16-9-14(2)19-21(16)12-15/h9,11-13,17H,3-8,10H2,1-2H3. The summed E-state index contributed by atoms with van der Waals surface area (Å²) in [6, 6.07) is 1.99. The molecule has 0 amide bonds. The van der Waals surface area contributed by atoms with Gasteiger partial charge in [-0.1, -0.05) is 6.92 Å². The highest BCUT2D eigenvalue weighted by Crippen LogP contribution is 2.15. The smallest absolute Gasteiger partial charge is 0.155 e. The van der Waals surface area contributed by atoms with Crippen molar-refractivity contribution in [2.24, 2.45) is 5.92 Å². The van der Waals surface area contributed by atoms with Crippen molar-refractivity contribution in [1.29, 1.82) is 0 Å². The van der Waals surface area contributed by atoms with Gasteiger partial charge in [0.1, 0.15) is 0 Å². The number of aryl methyl sites for hydroxylation is 1. The van der Waals surface area contributed by atoms with E-state index in [0.29, 0.717) is 0 Å². The number of hydrogen-bond acceptors (Lipinski definition) is 4. The van der Waals surface area contributed by atoms with Crippen LogP contribution in [0.1, 0.15) is 31.0 Å². The number of nitrogens with one attached hydrogen (secondary N) is 1. The van der Waals surface area contributed by atoms with Gasteiger partial charge in [0.2, 0.25) is 0 Å². The summed E-state index contributed by atoms with van der Waals surface area (Å²) in [6.45, 7) is 9.88. The number of likely N-dealkylation sites (tertiary alicyclic amines) is 1. The van der Waals surface area contributed by atoms with E-state index in [1.54, 1.807) is 0 Å². The summed E-state index contributed by atoms with van der Waals surface area (Å²) in [7, 11) is 0. The molecule has 0 bridgehead atoms. The monoisotopic (exact) mass is 287 g/mol. The maximum absolute atomic E-state index is 4.43. The summed E-state index contributed by atoms with van der Waals surface area (Å²) in [5, 5.41) is 7.91. The predicted octanol–water partition coefficient (Wildman–Crippen LogP) is 1.86. The van der Waals surface area contributed by atoms with E-state index in [9.17, 15) is 0 Å². The molecule has 0 aliphatic carbocycles. The van der Waals surface area contributed by atoms with Gasteiger partial charge in [0.25, 0.3) is 0 Å².